The highest BCUT2D eigenvalue weighted by molar-refractivity contribution is 7.14. The lowest BCUT2D eigenvalue weighted by molar-refractivity contribution is -0.136. The van der Waals surface area contributed by atoms with Crippen molar-refractivity contribution in [2.45, 2.75) is 50.5 Å². The van der Waals surface area contributed by atoms with Crippen LogP contribution in [0.15, 0.2) is 6.07 Å². The standard InChI is InChI=1S/C16H16N2O4S/c19-12-6-5-10(14(20)17-12)18-15(21)9-7-11(8-3-1-2-4-8)23-13(9)16(18)22/h7-8,10H,1-6H2,(H,17,19,20). The number of hydrogen-bond acceptors (Lipinski definition) is 5. The van der Waals surface area contributed by atoms with Crippen molar-refractivity contribution in [1.29, 1.82) is 0 Å². The summed E-state index contributed by atoms with van der Waals surface area (Å²) in [6.07, 6.45) is 4.95. The third kappa shape index (κ3) is 2.22. The Bertz CT molecular complexity index is 699. The monoisotopic (exact) mass is 332 g/mol. The second-order valence-electron chi connectivity index (χ2n) is 6.32. The summed E-state index contributed by atoms with van der Waals surface area (Å²) >= 11 is 1.39. The molecule has 1 unspecified atom stereocenters. The molecule has 1 aromatic rings. The van der Waals surface area contributed by atoms with Gasteiger partial charge in [0, 0.05) is 11.3 Å². The van der Waals surface area contributed by atoms with Gasteiger partial charge in [-0.3, -0.25) is 29.4 Å². The Morgan fingerprint density at radius 1 is 1.04 bits per heavy atom. The summed E-state index contributed by atoms with van der Waals surface area (Å²) in [6.45, 7) is 0. The molecule has 1 saturated carbocycles. The molecule has 1 aromatic heterocycles. The Morgan fingerprint density at radius 2 is 1.78 bits per heavy atom. The van der Waals surface area contributed by atoms with Crippen LogP contribution in [0.1, 0.15) is 69.3 Å². The molecule has 1 aliphatic carbocycles. The van der Waals surface area contributed by atoms with Gasteiger partial charge in [-0.05, 0) is 31.2 Å². The summed E-state index contributed by atoms with van der Waals surface area (Å²) in [5, 5.41) is 2.20. The molecule has 0 spiro atoms. The first-order valence-electron chi connectivity index (χ1n) is 7.91. The van der Waals surface area contributed by atoms with Gasteiger partial charge in [0.25, 0.3) is 11.8 Å². The molecule has 0 radical (unpaired) electrons. The van der Waals surface area contributed by atoms with Crippen LogP contribution in [0.3, 0.4) is 0 Å². The quantitative estimate of drug-likeness (QED) is 0.837. The van der Waals surface area contributed by atoms with E-state index in [-0.39, 0.29) is 18.7 Å². The lowest BCUT2D eigenvalue weighted by Gasteiger charge is -2.27. The molecule has 4 rings (SSSR count). The molecule has 3 aliphatic rings. The minimum Gasteiger partial charge on any atom is -0.295 e. The van der Waals surface area contributed by atoms with Crippen LogP contribution in [0.2, 0.25) is 0 Å². The summed E-state index contributed by atoms with van der Waals surface area (Å²) in [6, 6.07) is 0.962. The molecule has 1 atom stereocenters. The van der Waals surface area contributed by atoms with E-state index >= 15 is 0 Å². The predicted molar refractivity (Wildman–Crippen MR) is 82.2 cm³/mol. The van der Waals surface area contributed by atoms with Crippen LogP contribution in [0.25, 0.3) is 0 Å². The summed E-state index contributed by atoms with van der Waals surface area (Å²) in [5.74, 6) is -1.26. The zero-order valence-electron chi connectivity index (χ0n) is 12.5. The van der Waals surface area contributed by atoms with Gasteiger partial charge in [0.2, 0.25) is 11.8 Å². The number of carbonyl (C=O) groups excluding carboxylic acids is 4. The van der Waals surface area contributed by atoms with Gasteiger partial charge in [-0.2, -0.15) is 0 Å². The van der Waals surface area contributed by atoms with E-state index in [4.69, 9.17) is 0 Å². The number of hydrogen-bond donors (Lipinski definition) is 1. The third-order valence-electron chi connectivity index (χ3n) is 4.89. The van der Waals surface area contributed by atoms with E-state index in [1.54, 1.807) is 0 Å². The van der Waals surface area contributed by atoms with Crippen LogP contribution in [0.4, 0.5) is 0 Å². The molecular weight excluding hydrogens is 316 g/mol. The Hall–Kier alpha value is -2.02. The summed E-state index contributed by atoms with van der Waals surface area (Å²) in [5.41, 5.74) is 0.423. The molecule has 0 aromatic carbocycles. The molecule has 3 heterocycles. The fraction of sp³-hybridized carbons (Fsp3) is 0.500. The van der Waals surface area contributed by atoms with Gasteiger partial charge in [0.1, 0.15) is 10.9 Å². The average molecular weight is 332 g/mol. The zero-order chi connectivity index (χ0) is 16.1. The molecule has 120 valence electrons. The maximum absolute atomic E-state index is 12.6. The van der Waals surface area contributed by atoms with Crippen molar-refractivity contribution in [3.63, 3.8) is 0 Å². The van der Waals surface area contributed by atoms with E-state index in [2.05, 4.69) is 5.32 Å². The van der Waals surface area contributed by atoms with Crippen LogP contribution in [0, 0.1) is 0 Å². The van der Waals surface area contributed by atoms with Gasteiger partial charge in [0.05, 0.1) is 5.56 Å². The van der Waals surface area contributed by atoms with E-state index in [1.807, 2.05) is 6.07 Å². The Balaban J connectivity index is 1.61. The van der Waals surface area contributed by atoms with Crippen molar-refractivity contribution in [1.82, 2.24) is 10.2 Å². The van der Waals surface area contributed by atoms with E-state index in [1.165, 1.54) is 24.2 Å². The highest BCUT2D eigenvalue weighted by Crippen LogP contribution is 2.42. The average Bonchev–Trinajstić information content (AvgIpc) is 3.20. The van der Waals surface area contributed by atoms with Crippen LogP contribution in [-0.2, 0) is 9.59 Å². The Morgan fingerprint density at radius 3 is 2.43 bits per heavy atom. The number of fused-ring (bicyclic) bond motifs is 1. The van der Waals surface area contributed by atoms with Crippen LogP contribution < -0.4 is 5.32 Å². The molecule has 2 fully saturated rings. The molecule has 6 nitrogen and oxygen atoms in total. The number of nitrogens with one attached hydrogen (secondary N) is 1. The smallest absolute Gasteiger partial charge is 0.272 e. The normalized spacial score (nSPS) is 25.2. The SMILES string of the molecule is O=C1CCC(N2C(=O)c3cc(C4CCCC4)sc3C2=O)C(=O)N1. The molecular formula is C16H16N2O4S. The number of carbonyl (C=O) groups is 4. The minimum atomic E-state index is -0.873. The van der Waals surface area contributed by atoms with E-state index < -0.39 is 23.8 Å². The molecule has 1 N–H and O–H groups in total. The van der Waals surface area contributed by atoms with Gasteiger partial charge in [-0.15, -0.1) is 11.3 Å². The largest absolute Gasteiger partial charge is 0.295 e. The van der Waals surface area contributed by atoms with Crippen LogP contribution in [-0.4, -0.2) is 34.6 Å². The van der Waals surface area contributed by atoms with Gasteiger partial charge in [0.15, 0.2) is 0 Å². The fourth-order valence-electron chi connectivity index (χ4n) is 3.68. The van der Waals surface area contributed by atoms with E-state index in [9.17, 15) is 19.2 Å². The first kappa shape index (κ1) is 14.6. The van der Waals surface area contributed by atoms with Crippen molar-refractivity contribution in [3.8, 4) is 0 Å². The second kappa shape index (κ2) is 5.26. The van der Waals surface area contributed by atoms with Crippen molar-refractivity contribution >= 4 is 35.0 Å². The number of imide groups is 2. The van der Waals surface area contributed by atoms with Crippen LogP contribution >= 0.6 is 11.3 Å². The molecule has 23 heavy (non-hydrogen) atoms. The lowest BCUT2D eigenvalue weighted by Crippen LogP contribution is -2.54. The van der Waals surface area contributed by atoms with Crippen molar-refractivity contribution in [2.24, 2.45) is 0 Å². The Kier molecular flexibility index (Phi) is 3.33. The first-order valence-corrected chi connectivity index (χ1v) is 8.73. The molecule has 0 bridgehead atoms. The minimum absolute atomic E-state index is 0.147. The second-order valence-corrected chi connectivity index (χ2v) is 7.40. The molecule has 1 saturated heterocycles. The van der Waals surface area contributed by atoms with Crippen molar-refractivity contribution in [3.05, 3.63) is 21.4 Å². The number of amides is 4. The zero-order valence-corrected chi connectivity index (χ0v) is 13.3. The number of piperidine rings is 1. The van der Waals surface area contributed by atoms with Crippen molar-refractivity contribution < 1.29 is 19.2 Å². The Labute approximate surface area is 136 Å². The summed E-state index contributed by atoms with van der Waals surface area (Å²) in [4.78, 5) is 51.0. The molecule has 4 amide bonds. The van der Waals surface area contributed by atoms with Gasteiger partial charge >= 0.3 is 0 Å². The van der Waals surface area contributed by atoms with E-state index in [0.29, 0.717) is 16.4 Å². The number of thiophene rings is 1. The third-order valence-corrected chi connectivity index (χ3v) is 6.18. The number of rotatable bonds is 2. The predicted octanol–water partition coefficient (Wildman–Crippen LogP) is 1.81. The maximum atomic E-state index is 12.6. The van der Waals surface area contributed by atoms with Gasteiger partial charge in [-0.25, -0.2) is 0 Å². The van der Waals surface area contributed by atoms with Crippen LogP contribution in [0.5, 0.6) is 0 Å². The highest BCUT2D eigenvalue weighted by atomic mass is 32.1. The highest BCUT2D eigenvalue weighted by Gasteiger charge is 2.46. The summed E-state index contributed by atoms with van der Waals surface area (Å²) < 4.78 is 0. The molecule has 7 heteroatoms. The fourth-order valence-corrected chi connectivity index (χ4v) is 4.94. The van der Waals surface area contributed by atoms with E-state index in [0.717, 1.165) is 22.6 Å². The summed E-state index contributed by atoms with van der Waals surface area (Å²) in [7, 11) is 0. The topological polar surface area (TPSA) is 83.6 Å². The van der Waals surface area contributed by atoms with Gasteiger partial charge in [-0.1, -0.05) is 12.8 Å². The first-order chi connectivity index (χ1) is 11.1. The lowest BCUT2D eigenvalue weighted by atomic mass is 10.0. The maximum Gasteiger partial charge on any atom is 0.272 e. The van der Waals surface area contributed by atoms with Crippen molar-refractivity contribution in [2.75, 3.05) is 0 Å². The molecule has 2 aliphatic heterocycles. The van der Waals surface area contributed by atoms with Gasteiger partial charge < -0.3 is 0 Å². The number of nitrogens with zero attached hydrogens (tertiary/aromatic N) is 1.